The van der Waals surface area contributed by atoms with Crippen LogP contribution in [-0.4, -0.2) is 38.2 Å². The highest BCUT2D eigenvalue weighted by molar-refractivity contribution is 14.0. The summed E-state index contributed by atoms with van der Waals surface area (Å²) in [4.78, 5) is 15.6. The zero-order valence-electron chi connectivity index (χ0n) is 15.6. The first kappa shape index (κ1) is 23.7. The molecule has 0 aliphatic rings. The van der Waals surface area contributed by atoms with Crippen molar-refractivity contribution >= 4 is 35.9 Å². The number of aliphatic imine (C=N–C) groups is 1. The molecule has 0 heterocycles. The summed E-state index contributed by atoms with van der Waals surface area (Å²) < 4.78 is 4.63. The van der Waals surface area contributed by atoms with E-state index in [2.05, 4.69) is 58.5 Å². The Hall–Kier alpha value is -1.31. The molecule has 0 fully saturated rings. The number of unbranched alkanes of at least 4 members (excludes halogenated alkanes) is 1. The van der Waals surface area contributed by atoms with Crippen molar-refractivity contribution in [1.82, 2.24) is 10.6 Å². The summed E-state index contributed by atoms with van der Waals surface area (Å²) in [6.07, 6.45) is 4.25. The number of esters is 1. The van der Waals surface area contributed by atoms with E-state index in [1.165, 1.54) is 12.7 Å². The van der Waals surface area contributed by atoms with E-state index in [0.717, 1.165) is 38.2 Å². The van der Waals surface area contributed by atoms with Crippen molar-refractivity contribution in [2.24, 2.45) is 4.99 Å². The Morgan fingerprint density at radius 3 is 2.60 bits per heavy atom. The highest BCUT2D eigenvalue weighted by atomic mass is 127. The van der Waals surface area contributed by atoms with Crippen LogP contribution in [0.4, 0.5) is 0 Å². The molecule has 1 unspecified atom stereocenters. The zero-order valence-corrected chi connectivity index (χ0v) is 17.9. The molecule has 1 atom stereocenters. The summed E-state index contributed by atoms with van der Waals surface area (Å²) in [5.74, 6) is 0.690. The van der Waals surface area contributed by atoms with Crippen molar-refractivity contribution in [3.05, 3.63) is 35.9 Å². The standard InChI is InChI=1S/C19H31N3O2.HI/c1-4-20-19(21-15-9-8-12-18(23)24-3)22-16(2)13-14-17-10-6-5-7-11-17;/h5-7,10-11,16H,4,8-9,12-15H2,1-3H3,(H2,20,21,22);1H. The number of hydrogen-bond donors (Lipinski definition) is 2. The Labute approximate surface area is 169 Å². The molecule has 1 rings (SSSR count). The number of carbonyl (C=O) groups is 1. The Morgan fingerprint density at radius 1 is 1.24 bits per heavy atom. The highest BCUT2D eigenvalue weighted by Crippen LogP contribution is 2.04. The normalized spacial score (nSPS) is 12.0. The molecule has 0 aliphatic carbocycles. The van der Waals surface area contributed by atoms with Gasteiger partial charge in [-0.15, -0.1) is 24.0 Å². The Morgan fingerprint density at radius 2 is 1.96 bits per heavy atom. The van der Waals surface area contributed by atoms with Crippen LogP contribution >= 0.6 is 24.0 Å². The summed E-state index contributed by atoms with van der Waals surface area (Å²) in [5.41, 5.74) is 1.36. The van der Waals surface area contributed by atoms with Gasteiger partial charge in [-0.1, -0.05) is 30.3 Å². The van der Waals surface area contributed by atoms with Gasteiger partial charge in [-0.3, -0.25) is 9.79 Å². The van der Waals surface area contributed by atoms with Crippen molar-refractivity contribution < 1.29 is 9.53 Å². The van der Waals surface area contributed by atoms with Gasteiger partial charge in [0.1, 0.15) is 0 Å². The minimum atomic E-state index is -0.154. The summed E-state index contributed by atoms with van der Waals surface area (Å²) >= 11 is 0. The highest BCUT2D eigenvalue weighted by Gasteiger charge is 2.05. The molecule has 5 nitrogen and oxygen atoms in total. The lowest BCUT2D eigenvalue weighted by Crippen LogP contribution is -2.42. The topological polar surface area (TPSA) is 62.7 Å². The largest absolute Gasteiger partial charge is 0.469 e. The number of carbonyl (C=O) groups excluding carboxylic acids is 1. The van der Waals surface area contributed by atoms with Crippen molar-refractivity contribution in [3.63, 3.8) is 0 Å². The smallest absolute Gasteiger partial charge is 0.305 e. The fourth-order valence-corrected chi connectivity index (χ4v) is 2.33. The molecule has 0 bridgehead atoms. The Balaban J connectivity index is 0.00000576. The summed E-state index contributed by atoms with van der Waals surface area (Å²) in [6.45, 7) is 5.77. The minimum absolute atomic E-state index is 0. The van der Waals surface area contributed by atoms with Crippen LogP contribution < -0.4 is 10.6 Å². The van der Waals surface area contributed by atoms with E-state index < -0.39 is 0 Å². The summed E-state index contributed by atoms with van der Waals surface area (Å²) in [5, 5.41) is 6.72. The van der Waals surface area contributed by atoms with E-state index in [-0.39, 0.29) is 29.9 Å². The van der Waals surface area contributed by atoms with Crippen molar-refractivity contribution in [2.75, 3.05) is 20.2 Å². The van der Waals surface area contributed by atoms with Gasteiger partial charge in [-0.2, -0.15) is 0 Å². The van der Waals surface area contributed by atoms with Gasteiger partial charge >= 0.3 is 5.97 Å². The molecule has 1 aromatic rings. The first-order valence-electron chi connectivity index (χ1n) is 8.81. The number of nitrogens with one attached hydrogen (secondary N) is 2. The molecule has 1 aromatic carbocycles. The summed E-state index contributed by atoms with van der Waals surface area (Å²) in [6, 6.07) is 10.9. The van der Waals surface area contributed by atoms with Crippen molar-refractivity contribution in [3.8, 4) is 0 Å². The predicted molar refractivity (Wildman–Crippen MR) is 115 cm³/mol. The van der Waals surface area contributed by atoms with E-state index in [4.69, 9.17) is 0 Å². The molecule has 0 aromatic heterocycles. The van der Waals surface area contributed by atoms with Crippen LogP contribution in [0.3, 0.4) is 0 Å². The number of ether oxygens (including phenoxy) is 1. The van der Waals surface area contributed by atoms with E-state index in [9.17, 15) is 4.79 Å². The van der Waals surface area contributed by atoms with Crippen LogP contribution in [0, 0.1) is 0 Å². The zero-order chi connectivity index (χ0) is 17.6. The van der Waals surface area contributed by atoms with Crippen LogP contribution in [0.5, 0.6) is 0 Å². The fraction of sp³-hybridized carbons (Fsp3) is 0.579. The van der Waals surface area contributed by atoms with Crippen LogP contribution in [-0.2, 0) is 16.0 Å². The third-order valence-corrected chi connectivity index (χ3v) is 3.72. The summed E-state index contributed by atoms with van der Waals surface area (Å²) in [7, 11) is 1.42. The van der Waals surface area contributed by atoms with Gasteiger partial charge in [0, 0.05) is 25.6 Å². The third-order valence-electron chi connectivity index (χ3n) is 3.72. The molecule has 0 saturated heterocycles. The molecule has 0 radical (unpaired) electrons. The van der Waals surface area contributed by atoms with Crippen LogP contribution in [0.25, 0.3) is 0 Å². The van der Waals surface area contributed by atoms with Crippen LogP contribution in [0.2, 0.25) is 0 Å². The molecule has 0 saturated carbocycles. The van der Waals surface area contributed by atoms with Crippen LogP contribution in [0.1, 0.15) is 45.1 Å². The van der Waals surface area contributed by atoms with Gasteiger partial charge in [-0.25, -0.2) is 0 Å². The molecular formula is C19H32IN3O2. The maximum Gasteiger partial charge on any atom is 0.305 e. The third kappa shape index (κ3) is 11.8. The average Bonchev–Trinajstić information content (AvgIpc) is 2.60. The number of benzene rings is 1. The molecule has 0 spiro atoms. The minimum Gasteiger partial charge on any atom is -0.469 e. The Kier molecular flexibility index (Phi) is 14.2. The number of nitrogens with zero attached hydrogens (tertiary/aromatic N) is 1. The first-order chi connectivity index (χ1) is 11.7. The first-order valence-corrected chi connectivity index (χ1v) is 8.81. The molecule has 25 heavy (non-hydrogen) atoms. The molecule has 142 valence electrons. The lowest BCUT2D eigenvalue weighted by molar-refractivity contribution is -0.140. The second-order valence-corrected chi connectivity index (χ2v) is 5.86. The van der Waals surface area contributed by atoms with Gasteiger partial charge in [-0.05, 0) is 45.1 Å². The number of guanidine groups is 1. The van der Waals surface area contributed by atoms with E-state index >= 15 is 0 Å². The predicted octanol–water partition coefficient (Wildman–Crippen LogP) is 3.52. The molecule has 6 heteroatoms. The SMILES string of the molecule is CCNC(=NCCCCC(=O)OC)NC(C)CCc1ccccc1.I. The van der Waals surface area contributed by atoms with Crippen molar-refractivity contribution in [1.29, 1.82) is 0 Å². The second-order valence-electron chi connectivity index (χ2n) is 5.86. The average molecular weight is 461 g/mol. The second kappa shape index (κ2) is 15.0. The van der Waals surface area contributed by atoms with Gasteiger partial charge < -0.3 is 15.4 Å². The van der Waals surface area contributed by atoms with Gasteiger partial charge in [0.25, 0.3) is 0 Å². The maximum atomic E-state index is 11.1. The van der Waals surface area contributed by atoms with Gasteiger partial charge in [0.05, 0.1) is 7.11 Å². The number of hydrogen-bond acceptors (Lipinski definition) is 3. The van der Waals surface area contributed by atoms with E-state index in [1.807, 2.05) is 6.07 Å². The number of halogens is 1. The Bertz CT molecular complexity index is 495. The number of rotatable bonds is 10. The number of methoxy groups -OCH3 is 1. The fourth-order valence-electron chi connectivity index (χ4n) is 2.33. The lowest BCUT2D eigenvalue weighted by Gasteiger charge is -2.18. The number of aryl methyl sites for hydroxylation is 1. The lowest BCUT2D eigenvalue weighted by atomic mass is 10.1. The van der Waals surface area contributed by atoms with Crippen molar-refractivity contribution in [2.45, 2.75) is 52.0 Å². The quantitative estimate of drug-likeness (QED) is 0.184. The van der Waals surface area contributed by atoms with E-state index in [1.54, 1.807) is 0 Å². The molecular weight excluding hydrogens is 429 g/mol. The molecule has 0 aliphatic heterocycles. The van der Waals surface area contributed by atoms with Crippen LogP contribution in [0.15, 0.2) is 35.3 Å². The van der Waals surface area contributed by atoms with E-state index in [0.29, 0.717) is 19.0 Å². The monoisotopic (exact) mass is 461 g/mol. The maximum absolute atomic E-state index is 11.1. The molecule has 2 N–H and O–H groups in total. The molecule has 0 amide bonds. The van der Waals surface area contributed by atoms with Gasteiger partial charge in [0.15, 0.2) is 5.96 Å². The van der Waals surface area contributed by atoms with Gasteiger partial charge in [0.2, 0.25) is 0 Å².